The van der Waals surface area contributed by atoms with Crippen molar-refractivity contribution in [3.63, 3.8) is 0 Å². The normalized spacial score (nSPS) is 22.1. The third-order valence-electron chi connectivity index (χ3n) is 17.2. The Bertz CT molecular complexity index is 2800. The van der Waals surface area contributed by atoms with Crippen molar-refractivity contribution in [1.29, 1.82) is 0 Å². The van der Waals surface area contributed by atoms with Crippen molar-refractivity contribution < 1.29 is 38.4 Å². The van der Waals surface area contributed by atoms with E-state index in [2.05, 4.69) is 55.4 Å². The van der Waals surface area contributed by atoms with E-state index >= 15 is 0 Å². The second-order valence-corrected chi connectivity index (χ2v) is 25.2. The van der Waals surface area contributed by atoms with Gasteiger partial charge in [-0.2, -0.15) is 0 Å². The summed E-state index contributed by atoms with van der Waals surface area (Å²) >= 11 is 0. The SMILES string of the molecule is CN[C@@H](C)C(=O)N[C@H](C(=O)N1CC(NC(=O)c2ccc(-c3ccc(C(=O)N[C@H]4C[C@@H](C(=O)N[C@@H]5CCCc6ccccc65)N(C(=O)[C@@H](NC(=O)[C@H](C)NC)C(C)(C)C)C4)cc3)cc2)C[C@H]1C(=O)C[C@@H]1CCCc2ccccc21)C(C)(C)C. The zero-order valence-electron chi connectivity index (χ0n) is 49.4. The molecule has 2 fully saturated rings. The molecule has 2 aliphatic carbocycles. The smallest absolute Gasteiger partial charge is 0.251 e. The van der Waals surface area contributed by atoms with Gasteiger partial charge in [-0.3, -0.25) is 38.4 Å². The number of Topliss-reactive ketones (excluding diaryl/α,β-unsaturated/α-hetero) is 1. The van der Waals surface area contributed by atoms with Crippen LogP contribution in [0.4, 0.5) is 0 Å². The number of hydrogen-bond donors (Lipinski definition) is 7. The van der Waals surface area contributed by atoms with Crippen LogP contribution in [0.5, 0.6) is 0 Å². The maximum absolute atomic E-state index is 14.7. The van der Waals surface area contributed by atoms with Crippen molar-refractivity contribution in [2.24, 2.45) is 10.8 Å². The molecule has 82 heavy (non-hydrogen) atoms. The largest absolute Gasteiger partial charge is 0.347 e. The fourth-order valence-corrected chi connectivity index (χ4v) is 12.1. The highest BCUT2D eigenvalue weighted by Crippen LogP contribution is 2.37. The summed E-state index contributed by atoms with van der Waals surface area (Å²) in [5.74, 6) is -2.54. The molecule has 438 valence electrons. The number of nitrogens with zero attached hydrogens (tertiary/aromatic N) is 2. The highest BCUT2D eigenvalue weighted by atomic mass is 16.2. The third kappa shape index (κ3) is 14.1. The fraction of sp³-hybridized carbons (Fsp3) is 0.508. The van der Waals surface area contributed by atoms with Crippen LogP contribution in [0.3, 0.4) is 0 Å². The monoisotopic (exact) mass is 1120 g/mol. The average molecular weight is 1120 g/mol. The molecule has 1 unspecified atom stereocenters. The third-order valence-corrected chi connectivity index (χ3v) is 17.2. The maximum Gasteiger partial charge on any atom is 0.251 e. The molecule has 0 bridgehead atoms. The summed E-state index contributed by atoms with van der Waals surface area (Å²) in [4.78, 5) is 116. The molecule has 0 spiro atoms. The van der Waals surface area contributed by atoms with Crippen LogP contribution in [-0.2, 0) is 41.6 Å². The topological polar surface area (TPSA) is 227 Å². The average Bonchev–Trinajstić information content (AvgIpc) is 4.28. The lowest BCUT2D eigenvalue weighted by Gasteiger charge is -2.36. The second kappa shape index (κ2) is 25.9. The van der Waals surface area contributed by atoms with Crippen LogP contribution < -0.4 is 37.2 Å². The van der Waals surface area contributed by atoms with Gasteiger partial charge in [0.2, 0.25) is 29.5 Å². The molecule has 10 atom stereocenters. The summed E-state index contributed by atoms with van der Waals surface area (Å²) in [7, 11) is 3.34. The number of likely N-dealkylation sites (tertiary alicyclic amines) is 2. The molecule has 17 nitrogen and oxygen atoms in total. The molecule has 2 heterocycles. The number of carbonyl (C=O) groups is 8. The number of hydrogen-bond acceptors (Lipinski definition) is 10. The minimum atomic E-state index is -0.954. The molecular weight excluding hydrogens is 1030 g/mol. The summed E-state index contributed by atoms with van der Waals surface area (Å²) < 4.78 is 0. The Morgan fingerprint density at radius 1 is 0.537 bits per heavy atom. The lowest BCUT2D eigenvalue weighted by molar-refractivity contribution is -0.144. The summed E-state index contributed by atoms with van der Waals surface area (Å²) in [5.41, 5.74) is 5.61. The first-order chi connectivity index (χ1) is 38.9. The predicted molar refractivity (Wildman–Crippen MR) is 316 cm³/mol. The molecular formula is C65H85N9O8. The van der Waals surface area contributed by atoms with E-state index in [0.717, 1.165) is 55.2 Å². The van der Waals surface area contributed by atoms with E-state index in [1.54, 1.807) is 57.1 Å². The summed E-state index contributed by atoms with van der Waals surface area (Å²) in [6.45, 7) is 14.8. The van der Waals surface area contributed by atoms with Gasteiger partial charge in [0, 0.05) is 42.7 Å². The molecule has 0 saturated carbocycles. The van der Waals surface area contributed by atoms with E-state index in [9.17, 15) is 38.4 Å². The van der Waals surface area contributed by atoms with E-state index in [1.165, 1.54) is 21.6 Å². The van der Waals surface area contributed by atoms with Gasteiger partial charge in [-0.1, -0.05) is 114 Å². The van der Waals surface area contributed by atoms with E-state index in [-0.39, 0.29) is 85.5 Å². The zero-order valence-corrected chi connectivity index (χ0v) is 49.4. The lowest BCUT2D eigenvalue weighted by Crippen LogP contribution is -2.59. The predicted octanol–water partition coefficient (Wildman–Crippen LogP) is 6.30. The molecule has 0 radical (unpaired) electrons. The first kappa shape index (κ1) is 60.8. The zero-order chi connectivity index (χ0) is 59.2. The Kier molecular flexibility index (Phi) is 19.2. The second-order valence-electron chi connectivity index (χ2n) is 25.2. The molecule has 0 aromatic heterocycles. The number of nitrogens with one attached hydrogen (secondary N) is 7. The van der Waals surface area contributed by atoms with Gasteiger partial charge in [-0.25, -0.2) is 0 Å². The Hall–Kier alpha value is -7.24. The molecule has 2 aliphatic heterocycles. The van der Waals surface area contributed by atoms with E-state index < -0.39 is 65.1 Å². The number of amides is 7. The van der Waals surface area contributed by atoms with Crippen molar-refractivity contribution in [3.05, 3.63) is 130 Å². The lowest BCUT2D eigenvalue weighted by atomic mass is 9.79. The number of fused-ring (bicyclic) bond motifs is 2. The number of benzene rings is 4. The minimum absolute atomic E-state index is 0.0222. The van der Waals surface area contributed by atoms with E-state index in [0.29, 0.717) is 11.1 Å². The van der Waals surface area contributed by atoms with Crippen molar-refractivity contribution in [2.45, 2.75) is 173 Å². The van der Waals surface area contributed by atoms with Crippen molar-refractivity contribution >= 4 is 47.1 Å². The van der Waals surface area contributed by atoms with Crippen LogP contribution in [0, 0.1) is 10.8 Å². The molecule has 4 aromatic rings. The Morgan fingerprint density at radius 3 is 1.44 bits per heavy atom. The molecule has 7 N–H and O–H groups in total. The summed E-state index contributed by atoms with van der Waals surface area (Å²) in [6.07, 6.45) is 6.05. The van der Waals surface area contributed by atoms with Crippen molar-refractivity contribution in [1.82, 2.24) is 47.0 Å². The highest BCUT2D eigenvalue weighted by molar-refractivity contribution is 5.98. The van der Waals surface area contributed by atoms with Gasteiger partial charge in [0.15, 0.2) is 5.78 Å². The maximum atomic E-state index is 14.7. The van der Waals surface area contributed by atoms with Crippen LogP contribution >= 0.6 is 0 Å². The molecule has 17 heteroatoms. The number of rotatable bonds is 18. The van der Waals surface area contributed by atoms with Gasteiger partial charge in [0.25, 0.3) is 11.8 Å². The van der Waals surface area contributed by atoms with Gasteiger partial charge in [0.05, 0.1) is 24.2 Å². The highest BCUT2D eigenvalue weighted by Gasteiger charge is 2.48. The number of likely N-dealkylation sites (N-methyl/N-ethyl adjacent to an activating group) is 2. The standard InChI is InChI=1S/C65H85N9O8/c1-38(66-9)57(76)71-55(64(3,4)5)62(81)73-36-47(34-52(73)54(75)33-46-21-15-19-42-17-11-13-22-49(42)46)68-59(78)44-29-25-40(26-30-44)41-27-31-45(32-28-41)60(79)69-48-35-53(61(80)70-51-24-16-20-43-18-12-14-23-50(43)51)74(37-48)63(82)56(65(6,7)8)72-58(77)39(2)67-10/h11-14,17-18,22-23,25-32,38-39,46-48,51-53,55-56,66-67H,15-16,19-21,24,33-37H2,1-10H3,(H,68,78)(H,69,79)(H,70,80)(H,71,76)(H,72,77)/t38-,39-,46-,47?,48-,51+,52-,53-,55+,56+/m0/s1. The Balaban J connectivity index is 0.937. The van der Waals surface area contributed by atoms with Gasteiger partial charge >= 0.3 is 0 Å². The molecule has 2 saturated heterocycles. The Labute approximate surface area is 483 Å². The number of ketones is 1. The first-order valence-electron chi connectivity index (χ1n) is 29.3. The Morgan fingerprint density at radius 2 is 0.963 bits per heavy atom. The fourth-order valence-electron chi connectivity index (χ4n) is 12.1. The summed E-state index contributed by atoms with van der Waals surface area (Å²) in [6, 6.07) is 24.4. The molecule has 8 rings (SSSR count). The van der Waals surface area contributed by atoms with E-state index in [1.807, 2.05) is 96.1 Å². The van der Waals surface area contributed by atoms with Crippen LogP contribution in [0.2, 0.25) is 0 Å². The number of aryl methyl sites for hydroxylation is 2. The minimum Gasteiger partial charge on any atom is -0.347 e. The van der Waals surface area contributed by atoms with Crippen molar-refractivity contribution in [3.8, 4) is 11.1 Å². The number of carbonyl (C=O) groups excluding carboxylic acids is 8. The summed E-state index contributed by atoms with van der Waals surface area (Å²) in [5, 5.41) is 21.2. The van der Waals surface area contributed by atoms with Crippen LogP contribution in [0.15, 0.2) is 97.1 Å². The molecule has 7 amide bonds. The van der Waals surface area contributed by atoms with Crippen LogP contribution in [0.25, 0.3) is 11.1 Å². The van der Waals surface area contributed by atoms with Gasteiger partial charge in [0.1, 0.15) is 18.1 Å². The molecule has 4 aromatic carbocycles. The molecule has 4 aliphatic rings. The van der Waals surface area contributed by atoms with Gasteiger partial charge in [-0.15, -0.1) is 0 Å². The van der Waals surface area contributed by atoms with E-state index in [4.69, 9.17) is 0 Å². The quantitative estimate of drug-likeness (QED) is 0.0588. The van der Waals surface area contributed by atoms with Crippen molar-refractivity contribution in [2.75, 3.05) is 27.2 Å². The van der Waals surface area contributed by atoms with Crippen LogP contribution in [0.1, 0.15) is 155 Å². The van der Waals surface area contributed by atoms with Gasteiger partial charge < -0.3 is 47.0 Å². The van der Waals surface area contributed by atoms with Gasteiger partial charge in [-0.05, 0) is 154 Å². The first-order valence-corrected chi connectivity index (χ1v) is 29.3. The van der Waals surface area contributed by atoms with Crippen LogP contribution in [-0.4, -0.2) is 132 Å².